The second kappa shape index (κ2) is 5.60. The van der Waals surface area contributed by atoms with Crippen LogP contribution >= 0.6 is 0 Å². The third-order valence-corrected chi connectivity index (χ3v) is 4.11. The third kappa shape index (κ3) is 2.40. The summed E-state index contributed by atoms with van der Waals surface area (Å²) < 4.78 is 0. The van der Waals surface area contributed by atoms with Crippen LogP contribution in [0.2, 0.25) is 0 Å². The van der Waals surface area contributed by atoms with Gasteiger partial charge in [-0.1, -0.05) is 18.2 Å². The molecule has 0 unspecified atom stereocenters. The van der Waals surface area contributed by atoms with Crippen LogP contribution in [0, 0.1) is 0 Å². The van der Waals surface area contributed by atoms with E-state index in [9.17, 15) is 4.79 Å². The molecule has 0 fully saturated rings. The number of rotatable bonds is 4. The van der Waals surface area contributed by atoms with Crippen molar-refractivity contribution < 1.29 is 4.79 Å². The minimum atomic E-state index is 0.0983. The summed E-state index contributed by atoms with van der Waals surface area (Å²) in [6.45, 7) is 6.95. The number of hydrogen-bond acceptors (Lipinski definition) is 2. The minimum absolute atomic E-state index is 0.0983. The summed E-state index contributed by atoms with van der Waals surface area (Å²) in [6.07, 6.45) is 0. The van der Waals surface area contributed by atoms with E-state index >= 15 is 0 Å². The van der Waals surface area contributed by atoms with E-state index in [2.05, 4.69) is 30.9 Å². The highest BCUT2D eigenvalue weighted by Crippen LogP contribution is 2.29. The van der Waals surface area contributed by atoms with Gasteiger partial charge in [0.2, 0.25) is 0 Å². The Kier molecular flexibility index (Phi) is 3.65. The molecule has 1 aliphatic heterocycles. The van der Waals surface area contributed by atoms with Crippen molar-refractivity contribution in [2.24, 2.45) is 0 Å². The van der Waals surface area contributed by atoms with E-state index < -0.39 is 0 Å². The largest absolute Gasteiger partial charge is 0.372 e. The van der Waals surface area contributed by atoms with Gasteiger partial charge in [-0.05, 0) is 49.7 Å². The normalized spacial score (nSPS) is 13.4. The van der Waals surface area contributed by atoms with Gasteiger partial charge in [0.1, 0.15) is 0 Å². The molecule has 2 aromatic rings. The Morgan fingerprint density at radius 2 is 1.67 bits per heavy atom. The van der Waals surface area contributed by atoms with Crippen molar-refractivity contribution in [3.05, 3.63) is 59.7 Å². The molecule has 1 heterocycles. The maximum Gasteiger partial charge on any atom is 0.258 e. The Morgan fingerprint density at radius 3 is 2.29 bits per heavy atom. The van der Waals surface area contributed by atoms with Gasteiger partial charge in [0.05, 0.1) is 6.54 Å². The molecule has 1 aliphatic rings. The van der Waals surface area contributed by atoms with E-state index in [1.807, 2.05) is 41.3 Å². The fraction of sp³-hybridized carbons (Fsp3) is 0.278. The Balaban J connectivity index is 1.85. The lowest BCUT2D eigenvalue weighted by Gasteiger charge is -2.22. The van der Waals surface area contributed by atoms with Crippen LogP contribution in [0.15, 0.2) is 48.5 Å². The first-order valence-corrected chi connectivity index (χ1v) is 7.49. The third-order valence-electron chi connectivity index (χ3n) is 4.11. The van der Waals surface area contributed by atoms with Crippen molar-refractivity contribution >= 4 is 17.3 Å². The number of carbonyl (C=O) groups is 1. The number of hydrogen-bond donors (Lipinski definition) is 0. The van der Waals surface area contributed by atoms with E-state index in [1.54, 1.807) is 0 Å². The molecule has 3 heteroatoms. The molecular weight excluding hydrogens is 260 g/mol. The summed E-state index contributed by atoms with van der Waals surface area (Å²) in [5, 5.41) is 0. The molecule has 3 rings (SSSR count). The Hall–Kier alpha value is -2.29. The van der Waals surface area contributed by atoms with Crippen LogP contribution in [-0.2, 0) is 6.54 Å². The van der Waals surface area contributed by atoms with Gasteiger partial charge in [-0.25, -0.2) is 0 Å². The molecule has 0 spiro atoms. The van der Waals surface area contributed by atoms with E-state index in [1.165, 1.54) is 5.69 Å². The topological polar surface area (TPSA) is 23.6 Å². The number of benzene rings is 2. The van der Waals surface area contributed by atoms with Crippen molar-refractivity contribution in [1.82, 2.24) is 0 Å². The molecule has 0 aliphatic carbocycles. The van der Waals surface area contributed by atoms with Crippen LogP contribution < -0.4 is 9.80 Å². The number of amides is 1. The first kappa shape index (κ1) is 13.7. The molecule has 0 atom stereocenters. The van der Waals surface area contributed by atoms with Gasteiger partial charge in [0.25, 0.3) is 5.91 Å². The summed E-state index contributed by atoms with van der Waals surface area (Å²) in [5.41, 5.74) is 4.10. The second-order valence-corrected chi connectivity index (χ2v) is 5.24. The average Bonchev–Trinajstić information content (AvgIpc) is 2.87. The van der Waals surface area contributed by atoms with Crippen molar-refractivity contribution in [3.63, 3.8) is 0 Å². The summed E-state index contributed by atoms with van der Waals surface area (Å²) in [6, 6.07) is 16.1. The van der Waals surface area contributed by atoms with Gasteiger partial charge in [0, 0.05) is 30.0 Å². The monoisotopic (exact) mass is 280 g/mol. The molecule has 3 nitrogen and oxygen atoms in total. The zero-order valence-electron chi connectivity index (χ0n) is 12.5. The average molecular weight is 280 g/mol. The van der Waals surface area contributed by atoms with Gasteiger partial charge >= 0.3 is 0 Å². The fourth-order valence-electron chi connectivity index (χ4n) is 2.90. The summed E-state index contributed by atoms with van der Waals surface area (Å²) >= 11 is 0. The molecule has 0 N–H and O–H groups in total. The second-order valence-electron chi connectivity index (χ2n) is 5.24. The lowest BCUT2D eigenvalue weighted by molar-refractivity contribution is 0.0996. The highest BCUT2D eigenvalue weighted by molar-refractivity contribution is 6.10. The molecule has 0 aromatic heterocycles. The quantitative estimate of drug-likeness (QED) is 0.852. The lowest BCUT2D eigenvalue weighted by Crippen LogP contribution is -2.24. The van der Waals surface area contributed by atoms with E-state index in [0.717, 1.165) is 29.9 Å². The molecule has 0 radical (unpaired) electrons. The van der Waals surface area contributed by atoms with Crippen molar-refractivity contribution in [2.75, 3.05) is 22.9 Å². The van der Waals surface area contributed by atoms with Crippen LogP contribution in [0.3, 0.4) is 0 Å². The van der Waals surface area contributed by atoms with Crippen LogP contribution in [-0.4, -0.2) is 19.0 Å². The van der Waals surface area contributed by atoms with Crippen molar-refractivity contribution in [1.29, 1.82) is 0 Å². The Labute approximate surface area is 125 Å². The first-order valence-electron chi connectivity index (χ1n) is 7.49. The fourth-order valence-corrected chi connectivity index (χ4v) is 2.90. The SMILES string of the molecule is CCN(CC)c1ccc(N2Cc3ccccc3C2=O)cc1. The van der Waals surface area contributed by atoms with Crippen LogP contribution in [0.4, 0.5) is 11.4 Å². The first-order chi connectivity index (χ1) is 10.2. The van der Waals surface area contributed by atoms with Crippen LogP contribution in [0.1, 0.15) is 29.8 Å². The van der Waals surface area contributed by atoms with E-state index in [0.29, 0.717) is 6.54 Å². The minimum Gasteiger partial charge on any atom is -0.372 e. The van der Waals surface area contributed by atoms with Crippen LogP contribution in [0.5, 0.6) is 0 Å². The number of fused-ring (bicyclic) bond motifs is 1. The zero-order chi connectivity index (χ0) is 14.8. The molecule has 0 saturated heterocycles. The summed E-state index contributed by atoms with van der Waals surface area (Å²) in [7, 11) is 0. The smallest absolute Gasteiger partial charge is 0.258 e. The number of carbonyl (C=O) groups excluding carboxylic acids is 1. The highest BCUT2D eigenvalue weighted by atomic mass is 16.2. The highest BCUT2D eigenvalue weighted by Gasteiger charge is 2.27. The molecule has 21 heavy (non-hydrogen) atoms. The van der Waals surface area contributed by atoms with Gasteiger partial charge in [-0.15, -0.1) is 0 Å². The van der Waals surface area contributed by atoms with Gasteiger partial charge in [0.15, 0.2) is 0 Å². The van der Waals surface area contributed by atoms with Gasteiger partial charge < -0.3 is 9.80 Å². The molecular formula is C18H20N2O. The van der Waals surface area contributed by atoms with Gasteiger partial charge in [-0.2, -0.15) is 0 Å². The summed E-state index contributed by atoms with van der Waals surface area (Å²) in [4.78, 5) is 16.6. The standard InChI is InChI=1S/C18H20N2O/c1-3-19(4-2)15-9-11-16(12-10-15)20-13-14-7-5-6-8-17(14)18(20)21/h5-12H,3-4,13H2,1-2H3. The predicted molar refractivity (Wildman–Crippen MR) is 87.0 cm³/mol. The van der Waals surface area contributed by atoms with Crippen LogP contribution in [0.25, 0.3) is 0 Å². The Morgan fingerprint density at radius 1 is 1.00 bits per heavy atom. The van der Waals surface area contributed by atoms with E-state index in [4.69, 9.17) is 0 Å². The Bertz CT molecular complexity index is 645. The maximum atomic E-state index is 12.4. The van der Waals surface area contributed by atoms with Crippen molar-refractivity contribution in [3.8, 4) is 0 Å². The molecule has 0 saturated carbocycles. The predicted octanol–water partition coefficient (Wildman–Crippen LogP) is 3.69. The maximum absolute atomic E-state index is 12.4. The number of anilines is 2. The van der Waals surface area contributed by atoms with Gasteiger partial charge in [-0.3, -0.25) is 4.79 Å². The number of nitrogens with zero attached hydrogens (tertiary/aromatic N) is 2. The van der Waals surface area contributed by atoms with E-state index in [-0.39, 0.29) is 5.91 Å². The van der Waals surface area contributed by atoms with Crippen molar-refractivity contribution in [2.45, 2.75) is 20.4 Å². The summed E-state index contributed by atoms with van der Waals surface area (Å²) in [5.74, 6) is 0.0983. The lowest BCUT2D eigenvalue weighted by atomic mass is 10.1. The molecule has 2 aromatic carbocycles. The molecule has 0 bridgehead atoms. The molecule has 108 valence electrons. The zero-order valence-corrected chi connectivity index (χ0v) is 12.5. The molecule has 1 amide bonds.